The Morgan fingerprint density at radius 1 is 1.28 bits per heavy atom. The van der Waals surface area contributed by atoms with Crippen LogP contribution < -0.4 is 0 Å². The third kappa shape index (κ3) is 2.14. The number of nitrogens with zero attached hydrogens (tertiary/aromatic N) is 3. The van der Waals surface area contributed by atoms with Crippen molar-refractivity contribution in [3.05, 3.63) is 34.4 Å². The maximum atomic E-state index is 9.35. The van der Waals surface area contributed by atoms with Crippen LogP contribution in [0.1, 0.15) is 0 Å². The minimum Gasteiger partial charge on any atom is -0.506 e. The van der Waals surface area contributed by atoms with Crippen molar-refractivity contribution in [2.75, 3.05) is 0 Å². The van der Waals surface area contributed by atoms with Gasteiger partial charge in [0.15, 0.2) is 0 Å². The van der Waals surface area contributed by atoms with Gasteiger partial charge in [0.25, 0.3) is 5.89 Å². The first-order valence-corrected chi connectivity index (χ1v) is 6.62. The van der Waals surface area contributed by atoms with Crippen LogP contribution in [-0.4, -0.2) is 20.2 Å². The van der Waals surface area contributed by atoms with E-state index in [1.165, 1.54) is 23.6 Å². The Morgan fingerprint density at radius 3 is 2.89 bits per heavy atom. The third-order valence-corrected chi connectivity index (χ3v) is 3.87. The summed E-state index contributed by atoms with van der Waals surface area (Å²) < 4.78 is 6.13. The van der Waals surface area contributed by atoms with Gasteiger partial charge in [0.05, 0.1) is 16.6 Å². The third-order valence-electron chi connectivity index (χ3n) is 2.18. The van der Waals surface area contributed by atoms with Crippen LogP contribution in [0.5, 0.6) is 5.75 Å². The Balaban J connectivity index is 1.99. The lowest BCUT2D eigenvalue weighted by molar-refractivity contribution is 0.431. The molecular weight excluding hydrogens is 318 g/mol. The molecule has 1 N–H and O–H groups in total. The van der Waals surface area contributed by atoms with Crippen molar-refractivity contribution >= 4 is 27.3 Å². The first-order valence-electron chi connectivity index (χ1n) is 4.95. The molecule has 0 amide bonds. The Hall–Kier alpha value is -1.73. The molecule has 0 bridgehead atoms. The van der Waals surface area contributed by atoms with E-state index in [0.717, 1.165) is 9.35 Å². The van der Waals surface area contributed by atoms with Gasteiger partial charge in [0.2, 0.25) is 5.82 Å². The van der Waals surface area contributed by atoms with Gasteiger partial charge in [0.1, 0.15) is 5.75 Å². The van der Waals surface area contributed by atoms with E-state index in [4.69, 9.17) is 4.52 Å². The number of rotatable bonds is 2. The number of aromatic nitrogens is 3. The Morgan fingerprint density at radius 2 is 2.17 bits per heavy atom. The van der Waals surface area contributed by atoms with Gasteiger partial charge < -0.3 is 9.63 Å². The lowest BCUT2D eigenvalue weighted by atomic mass is 10.3. The maximum absolute atomic E-state index is 9.35. The number of hydrogen-bond acceptors (Lipinski definition) is 6. The zero-order chi connectivity index (χ0) is 12.5. The summed E-state index contributed by atoms with van der Waals surface area (Å²) in [6.45, 7) is 0. The van der Waals surface area contributed by atoms with Crippen LogP contribution in [0.3, 0.4) is 0 Å². The van der Waals surface area contributed by atoms with E-state index in [1.807, 2.05) is 11.4 Å². The highest BCUT2D eigenvalue weighted by molar-refractivity contribution is 9.10. The van der Waals surface area contributed by atoms with Crippen molar-refractivity contribution in [1.82, 2.24) is 15.1 Å². The van der Waals surface area contributed by atoms with Crippen molar-refractivity contribution < 1.29 is 9.63 Å². The molecule has 18 heavy (non-hydrogen) atoms. The molecule has 0 aliphatic rings. The van der Waals surface area contributed by atoms with Crippen LogP contribution in [0.25, 0.3) is 22.2 Å². The second-order valence-corrected chi connectivity index (χ2v) is 5.31. The number of hydrogen-bond donors (Lipinski definition) is 1. The predicted octanol–water partition coefficient (Wildman–Crippen LogP) is 3.33. The highest BCUT2D eigenvalue weighted by atomic mass is 79.9. The van der Waals surface area contributed by atoms with E-state index in [-0.39, 0.29) is 5.75 Å². The van der Waals surface area contributed by atoms with Crippen LogP contribution in [0.2, 0.25) is 0 Å². The molecule has 7 heteroatoms. The molecule has 0 radical (unpaired) electrons. The van der Waals surface area contributed by atoms with E-state index in [0.29, 0.717) is 17.3 Å². The monoisotopic (exact) mass is 323 g/mol. The quantitative estimate of drug-likeness (QED) is 0.783. The first kappa shape index (κ1) is 11.4. The summed E-state index contributed by atoms with van der Waals surface area (Å²) in [6.07, 6.45) is 2.90. The molecule has 0 aliphatic carbocycles. The molecule has 0 saturated heterocycles. The van der Waals surface area contributed by atoms with Gasteiger partial charge in [0, 0.05) is 16.0 Å². The molecule has 0 spiro atoms. The van der Waals surface area contributed by atoms with E-state index in [9.17, 15) is 5.11 Å². The highest BCUT2D eigenvalue weighted by Gasteiger charge is 2.12. The highest BCUT2D eigenvalue weighted by Crippen LogP contribution is 2.29. The summed E-state index contributed by atoms with van der Waals surface area (Å²) in [5.41, 5.74) is 0.587. The van der Waals surface area contributed by atoms with Crippen molar-refractivity contribution in [3.63, 3.8) is 0 Å². The van der Waals surface area contributed by atoms with Gasteiger partial charge in [-0.2, -0.15) is 4.98 Å². The van der Waals surface area contributed by atoms with E-state index >= 15 is 0 Å². The zero-order valence-corrected chi connectivity index (χ0v) is 11.3. The molecule has 3 aromatic rings. The Labute approximate surface area is 114 Å². The zero-order valence-electron chi connectivity index (χ0n) is 8.87. The van der Waals surface area contributed by atoms with Crippen molar-refractivity contribution in [1.29, 1.82) is 0 Å². The Kier molecular flexibility index (Phi) is 2.85. The second-order valence-electron chi connectivity index (χ2n) is 3.48. The van der Waals surface area contributed by atoms with Gasteiger partial charge in [-0.05, 0) is 28.1 Å². The second kappa shape index (κ2) is 4.51. The average Bonchev–Trinajstić information content (AvgIpc) is 2.97. The normalized spacial score (nSPS) is 10.7. The number of aromatic hydroxyl groups is 1. The summed E-state index contributed by atoms with van der Waals surface area (Å²) in [5, 5.41) is 15.2. The predicted molar refractivity (Wildman–Crippen MR) is 70.2 cm³/mol. The van der Waals surface area contributed by atoms with Gasteiger partial charge in [-0.15, -0.1) is 11.3 Å². The molecule has 0 fully saturated rings. The fourth-order valence-electron chi connectivity index (χ4n) is 1.42. The van der Waals surface area contributed by atoms with Gasteiger partial charge in [-0.3, -0.25) is 4.98 Å². The molecule has 90 valence electrons. The fourth-order valence-corrected chi connectivity index (χ4v) is 2.77. The summed E-state index contributed by atoms with van der Waals surface area (Å²) in [6, 6.07) is 3.44. The van der Waals surface area contributed by atoms with Crippen molar-refractivity contribution in [2.24, 2.45) is 0 Å². The first-order chi connectivity index (χ1) is 8.72. The van der Waals surface area contributed by atoms with Crippen LogP contribution >= 0.6 is 27.3 Å². The molecule has 3 rings (SSSR count). The van der Waals surface area contributed by atoms with Crippen LogP contribution in [-0.2, 0) is 0 Å². The topological polar surface area (TPSA) is 72.0 Å². The SMILES string of the molecule is Oc1cncc(-c2nc(-c3cc(Br)cs3)no2)c1. The maximum Gasteiger partial charge on any atom is 0.259 e. The van der Waals surface area contributed by atoms with Crippen molar-refractivity contribution in [3.8, 4) is 27.9 Å². The molecular formula is C11H6BrN3O2S. The van der Waals surface area contributed by atoms with Crippen LogP contribution in [0, 0.1) is 0 Å². The lowest BCUT2D eigenvalue weighted by Gasteiger charge is -1.93. The average molecular weight is 324 g/mol. The van der Waals surface area contributed by atoms with Crippen LogP contribution in [0.15, 0.2) is 38.9 Å². The number of halogens is 1. The smallest absolute Gasteiger partial charge is 0.259 e. The van der Waals surface area contributed by atoms with E-state index in [1.54, 1.807) is 6.20 Å². The van der Waals surface area contributed by atoms with Gasteiger partial charge >= 0.3 is 0 Å². The molecule has 5 nitrogen and oxygen atoms in total. The molecule has 3 aromatic heterocycles. The Bertz CT molecular complexity index is 695. The summed E-state index contributed by atoms with van der Waals surface area (Å²) in [7, 11) is 0. The lowest BCUT2D eigenvalue weighted by Crippen LogP contribution is -1.80. The standard InChI is InChI=1S/C11H6BrN3O2S/c12-7-2-9(18-5-7)10-14-11(17-15-10)6-1-8(16)4-13-3-6/h1-5,16H. The van der Waals surface area contributed by atoms with Gasteiger partial charge in [-0.1, -0.05) is 5.16 Å². The molecule has 3 heterocycles. The van der Waals surface area contributed by atoms with Crippen molar-refractivity contribution in [2.45, 2.75) is 0 Å². The minimum atomic E-state index is 0.0612. The molecule has 0 saturated carbocycles. The summed E-state index contributed by atoms with van der Waals surface area (Å²) >= 11 is 4.89. The van der Waals surface area contributed by atoms with Gasteiger partial charge in [-0.25, -0.2) is 0 Å². The fraction of sp³-hybridized carbons (Fsp3) is 0. The summed E-state index contributed by atoms with van der Waals surface area (Å²) in [5.74, 6) is 0.910. The van der Waals surface area contributed by atoms with E-state index in [2.05, 4.69) is 31.1 Å². The van der Waals surface area contributed by atoms with Crippen LogP contribution in [0.4, 0.5) is 0 Å². The molecule has 0 aromatic carbocycles. The molecule has 0 unspecified atom stereocenters. The molecule has 0 atom stereocenters. The summed E-state index contributed by atoms with van der Waals surface area (Å²) in [4.78, 5) is 9.04. The molecule has 0 aliphatic heterocycles. The number of thiophene rings is 1. The largest absolute Gasteiger partial charge is 0.506 e. The van der Waals surface area contributed by atoms with E-state index < -0.39 is 0 Å². The number of pyridine rings is 1. The minimum absolute atomic E-state index is 0.0612.